The molecule has 2 rings (SSSR count). The fourth-order valence-corrected chi connectivity index (χ4v) is 1.65. The predicted molar refractivity (Wildman–Crippen MR) is 49.9 cm³/mol. The van der Waals surface area contributed by atoms with Crippen molar-refractivity contribution < 1.29 is 4.79 Å². The molecule has 1 amide bonds. The van der Waals surface area contributed by atoms with Gasteiger partial charge in [-0.05, 0) is 12.0 Å². The van der Waals surface area contributed by atoms with E-state index in [-0.39, 0.29) is 5.92 Å². The van der Waals surface area contributed by atoms with Gasteiger partial charge in [-0.15, -0.1) is 0 Å². The van der Waals surface area contributed by atoms with E-state index in [1.165, 1.54) is 0 Å². The third kappa shape index (κ3) is 1.21. The van der Waals surface area contributed by atoms with Crippen LogP contribution in [0.1, 0.15) is 17.9 Å². The lowest BCUT2D eigenvalue weighted by Crippen LogP contribution is -2.40. The van der Waals surface area contributed by atoms with Crippen molar-refractivity contribution in [1.29, 1.82) is 0 Å². The molecule has 2 atom stereocenters. The molecule has 3 heteroatoms. The van der Waals surface area contributed by atoms with Crippen molar-refractivity contribution in [2.45, 2.75) is 17.9 Å². The summed E-state index contributed by atoms with van der Waals surface area (Å²) in [6, 6.07) is 9.77. The first-order chi connectivity index (χ1) is 6.14. The van der Waals surface area contributed by atoms with Crippen molar-refractivity contribution in [1.82, 2.24) is 0 Å². The molecule has 1 aliphatic carbocycles. The van der Waals surface area contributed by atoms with Crippen molar-refractivity contribution in [3.8, 4) is 0 Å². The Kier molecular flexibility index (Phi) is 1.63. The number of carbonyl (C=O) groups excluding carboxylic acids is 1. The molecule has 1 fully saturated rings. The Morgan fingerprint density at radius 3 is 2.46 bits per heavy atom. The summed E-state index contributed by atoms with van der Waals surface area (Å²) < 4.78 is 0. The fraction of sp³-hybridized carbons (Fsp3) is 0.300. The molecule has 0 heterocycles. The lowest BCUT2D eigenvalue weighted by atomic mass is 10.1. The van der Waals surface area contributed by atoms with Gasteiger partial charge >= 0.3 is 0 Å². The summed E-state index contributed by atoms with van der Waals surface area (Å²) in [6.45, 7) is 0. The molecular formula is C10H12N2O. The number of amides is 1. The van der Waals surface area contributed by atoms with E-state index in [2.05, 4.69) is 0 Å². The van der Waals surface area contributed by atoms with Gasteiger partial charge in [0.05, 0.1) is 0 Å². The molecule has 1 aromatic rings. The van der Waals surface area contributed by atoms with E-state index in [1.807, 2.05) is 30.3 Å². The molecule has 0 aromatic heterocycles. The molecule has 1 aromatic carbocycles. The first-order valence-corrected chi connectivity index (χ1v) is 4.28. The van der Waals surface area contributed by atoms with Gasteiger partial charge in [0.15, 0.2) is 0 Å². The number of nitrogens with two attached hydrogens (primary N) is 2. The van der Waals surface area contributed by atoms with E-state index in [4.69, 9.17) is 11.5 Å². The zero-order chi connectivity index (χ0) is 9.47. The monoisotopic (exact) mass is 176 g/mol. The number of rotatable bonds is 2. The Morgan fingerprint density at radius 2 is 2.00 bits per heavy atom. The van der Waals surface area contributed by atoms with Gasteiger partial charge in [0.25, 0.3) is 0 Å². The normalized spacial score (nSPS) is 31.3. The van der Waals surface area contributed by atoms with E-state index in [0.29, 0.717) is 6.42 Å². The lowest BCUT2D eigenvalue weighted by molar-refractivity contribution is -0.120. The van der Waals surface area contributed by atoms with Crippen molar-refractivity contribution in [2.75, 3.05) is 0 Å². The number of benzene rings is 1. The minimum atomic E-state index is -0.790. The van der Waals surface area contributed by atoms with Gasteiger partial charge in [-0.25, -0.2) is 0 Å². The van der Waals surface area contributed by atoms with Crippen molar-refractivity contribution in [3.05, 3.63) is 35.9 Å². The van der Waals surface area contributed by atoms with Gasteiger partial charge in [0.2, 0.25) is 5.91 Å². The minimum absolute atomic E-state index is 0.117. The molecule has 1 saturated carbocycles. The van der Waals surface area contributed by atoms with Gasteiger partial charge in [-0.2, -0.15) is 0 Å². The average Bonchev–Trinajstić information content (AvgIpc) is 2.81. The molecule has 0 aliphatic heterocycles. The highest BCUT2D eigenvalue weighted by Crippen LogP contribution is 2.48. The Bertz CT molecular complexity index is 336. The number of carbonyl (C=O) groups is 1. The highest BCUT2D eigenvalue weighted by Gasteiger charge is 2.56. The summed E-state index contributed by atoms with van der Waals surface area (Å²) in [5.74, 6) is -0.285. The van der Waals surface area contributed by atoms with Crippen LogP contribution in [0.2, 0.25) is 0 Å². The Hall–Kier alpha value is -1.35. The molecule has 1 aliphatic rings. The Morgan fingerprint density at radius 1 is 1.38 bits per heavy atom. The lowest BCUT2D eigenvalue weighted by Gasteiger charge is -2.05. The third-order valence-corrected chi connectivity index (χ3v) is 2.66. The van der Waals surface area contributed by atoms with E-state index in [1.54, 1.807) is 0 Å². The van der Waals surface area contributed by atoms with Crippen LogP contribution in [0.5, 0.6) is 0 Å². The zero-order valence-electron chi connectivity index (χ0n) is 7.23. The summed E-state index contributed by atoms with van der Waals surface area (Å²) >= 11 is 0. The standard InChI is InChI=1S/C10H12N2O/c11-9(13)10(12)6-8(10)7-4-2-1-3-5-7/h1-5,8H,6,12H2,(H2,11,13)/t8-,10+/m1/s1. The first kappa shape index (κ1) is 8.26. The molecule has 3 nitrogen and oxygen atoms in total. The maximum absolute atomic E-state index is 11.0. The summed E-state index contributed by atoms with van der Waals surface area (Å²) in [5, 5.41) is 0. The Balaban J connectivity index is 2.21. The zero-order valence-corrected chi connectivity index (χ0v) is 7.23. The summed E-state index contributed by atoms with van der Waals surface area (Å²) in [4.78, 5) is 11.0. The maximum Gasteiger partial charge on any atom is 0.238 e. The van der Waals surface area contributed by atoms with Crippen LogP contribution in [0.15, 0.2) is 30.3 Å². The van der Waals surface area contributed by atoms with E-state index in [9.17, 15) is 4.79 Å². The quantitative estimate of drug-likeness (QED) is 0.683. The molecule has 0 saturated heterocycles. The second-order valence-corrected chi connectivity index (χ2v) is 3.57. The van der Waals surface area contributed by atoms with Crippen LogP contribution in [0.25, 0.3) is 0 Å². The second kappa shape index (κ2) is 2.57. The summed E-state index contributed by atoms with van der Waals surface area (Å²) in [6.07, 6.45) is 0.673. The van der Waals surface area contributed by atoms with Gasteiger partial charge < -0.3 is 11.5 Å². The summed E-state index contributed by atoms with van der Waals surface area (Å²) in [5.41, 5.74) is 11.3. The van der Waals surface area contributed by atoms with Crippen LogP contribution in [-0.4, -0.2) is 11.4 Å². The smallest absolute Gasteiger partial charge is 0.238 e. The molecule has 0 radical (unpaired) electrons. The van der Waals surface area contributed by atoms with Crippen LogP contribution in [0.3, 0.4) is 0 Å². The van der Waals surface area contributed by atoms with E-state index in [0.717, 1.165) is 5.56 Å². The topological polar surface area (TPSA) is 69.1 Å². The molecule has 0 spiro atoms. The van der Waals surface area contributed by atoms with Gasteiger partial charge in [0.1, 0.15) is 5.54 Å². The SMILES string of the molecule is NC(=O)[C@]1(N)C[C@@H]1c1ccccc1. The van der Waals surface area contributed by atoms with E-state index >= 15 is 0 Å². The maximum atomic E-state index is 11.0. The van der Waals surface area contributed by atoms with Gasteiger partial charge in [-0.3, -0.25) is 4.79 Å². The van der Waals surface area contributed by atoms with Crippen LogP contribution in [0.4, 0.5) is 0 Å². The largest absolute Gasteiger partial charge is 0.368 e. The molecule has 0 bridgehead atoms. The highest BCUT2D eigenvalue weighted by molar-refractivity contribution is 5.89. The summed E-state index contributed by atoms with van der Waals surface area (Å²) in [7, 11) is 0. The van der Waals surface area contributed by atoms with Crippen LogP contribution in [0, 0.1) is 0 Å². The predicted octanol–water partition coefficient (Wildman–Crippen LogP) is 0.357. The number of primary amides is 1. The minimum Gasteiger partial charge on any atom is -0.368 e. The molecule has 0 unspecified atom stereocenters. The number of hydrogen-bond donors (Lipinski definition) is 2. The third-order valence-electron chi connectivity index (χ3n) is 2.66. The van der Waals surface area contributed by atoms with Crippen LogP contribution in [-0.2, 0) is 4.79 Å². The van der Waals surface area contributed by atoms with Crippen LogP contribution >= 0.6 is 0 Å². The van der Waals surface area contributed by atoms with Crippen molar-refractivity contribution in [3.63, 3.8) is 0 Å². The van der Waals surface area contributed by atoms with Crippen molar-refractivity contribution in [2.24, 2.45) is 11.5 Å². The average molecular weight is 176 g/mol. The highest BCUT2D eigenvalue weighted by atomic mass is 16.1. The molecule has 68 valence electrons. The first-order valence-electron chi connectivity index (χ1n) is 4.28. The Labute approximate surface area is 76.7 Å². The number of hydrogen-bond acceptors (Lipinski definition) is 2. The van der Waals surface area contributed by atoms with Gasteiger partial charge in [-0.1, -0.05) is 30.3 Å². The van der Waals surface area contributed by atoms with Gasteiger partial charge in [0, 0.05) is 5.92 Å². The second-order valence-electron chi connectivity index (χ2n) is 3.57. The van der Waals surface area contributed by atoms with Crippen molar-refractivity contribution >= 4 is 5.91 Å². The fourth-order valence-electron chi connectivity index (χ4n) is 1.65. The molecule has 4 N–H and O–H groups in total. The van der Waals surface area contributed by atoms with E-state index < -0.39 is 11.4 Å². The van der Waals surface area contributed by atoms with Crippen LogP contribution < -0.4 is 11.5 Å². The molecule has 13 heavy (non-hydrogen) atoms. The molecular weight excluding hydrogens is 164 g/mol.